The number of rotatable bonds is 2. The highest BCUT2D eigenvalue weighted by Crippen LogP contribution is 2.33. The number of halogens is 4. The number of non-ortho nitro benzene ring substituents is 1. The summed E-state index contributed by atoms with van der Waals surface area (Å²) < 4.78 is 36.8. The molecule has 2 N–H and O–H groups in total. The number of hydrogen-bond acceptors (Lipinski definition) is 3. The first-order valence-corrected chi connectivity index (χ1v) is 4.37. The second-order valence-electron chi connectivity index (χ2n) is 3.02. The summed E-state index contributed by atoms with van der Waals surface area (Å²) in [5, 5.41) is 10.2. The van der Waals surface area contributed by atoms with Gasteiger partial charge in [-0.3, -0.25) is 10.1 Å². The standard InChI is InChI=1S/C8H6ClF3N2O2/c9-5-1-4(7(13)8(10,11)12)2-6(3-5)14(15)16/h1-3,7H,13H2. The van der Waals surface area contributed by atoms with Crippen LogP contribution in [0.15, 0.2) is 18.2 Å². The van der Waals surface area contributed by atoms with E-state index in [0.717, 1.165) is 18.2 Å². The Balaban J connectivity index is 3.20. The first kappa shape index (κ1) is 12.7. The second-order valence-corrected chi connectivity index (χ2v) is 3.46. The van der Waals surface area contributed by atoms with Crippen LogP contribution in [0.3, 0.4) is 0 Å². The number of nitrogens with zero attached hydrogens (tertiary/aromatic N) is 1. The number of nitro groups is 1. The fourth-order valence-electron chi connectivity index (χ4n) is 1.07. The molecule has 0 amide bonds. The van der Waals surface area contributed by atoms with E-state index in [1.54, 1.807) is 0 Å². The van der Waals surface area contributed by atoms with Crippen LogP contribution in [0, 0.1) is 10.1 Å². The molecule has 4 nitrogen and oxygen atoms in total. The van der Waals surface area contributed by atoms with Crippen LogP contribution >= 0.6 is 11.6 Å². The van der Waals surface area contributed by atoms with Gasteiger partial charge in [-0.2, -0.15) is 13.2 Å². The van der Waals surface area contributed by atoms with Gasteiger partial charge in [0.2, 0.25) is 0 Å². The van der Waals surface area contributed by atoms with Crippen LogP contribution in [0.2, 0.25) is 5.02 Å². The molecule has 0 saturated heterocycles. The maximum atomic E-state index is 12.3. The quantitative estimate of drug-likeness (QED) is 0.652. The Labute approximate surface area is 93.0 Å². The third-order valence-electron chi connectivity index (χ3n) is 1.83. The zero-order valence-electron chi connectivity index (χ0n) is 7.66. The van der Waals surface area contributed by atoms with Crippen molar-refractivity contribution in [3.8, 4) is 0 Å². The summed E-state index contributed by atoms with van der Waals surface area (Å²) in [7, 11) is 0. The molecule has 0 saturated carbocycles. The van der Waals surface area contributed by atoms with E-state index in [9.17, 15) is 23.3 Å². The van der Waals surface area contributed by atoms with Crippen molar-refractivity contribution in [3.05, 3.63) is 38.9 Å². The summed E-state index contributed by atoms with van der Waals surface area (Å²) in [6.45, 7) is 0. The normalized spacial score (nSPS) is 13.6. The minimum atomic E-state index is -4.67. The summed E-state index contributed by atoms with van der Waals surface area (Å²) in [4.78, 5) is 9.57. The third kappa shape index (κ3) is 2.83. The highest BCUT2D eigenvalue weighted by atomic mass is 35.5. The molecule has 16 heavy (non-hydrogen) atoms. The Morgan fingerprint density at radius 2 is 1.94 bits per heavy atom. The predicted molar refractivity (Wildman–Crippen MR) is 51.1 cm³/mol. The molecule has 1 aromatic carbocycles. The number of benzene rings is 1. The van der Waals surface area contributed by atoms with E-state index in [-0.39, 0.29) is 5.02 Å². The zero-order valence-corrected chi connectivity index (χ0v) is 8.42. The maximum Gasteiger partial charge on any atom is 0.407 e. The SMILES string of the molecule is NC(c1cc(Cl)cc([N+](=O)[O-])c1)C(F)(F)F. The average molecular weight is 255 g/mol. The van der Waals surface area contributed by atoms with E-state index >= 15 is 0 Å². The average Bonchev–Trinajstić information content (AvgIpc) is 2.14. The van der Waals surface area contributed by atoms with Gasteiger partial charge in [-0.05, 0) is 11.6 Å². The van der Waals surface area contributed by atoms with Crippen LogP contribution < -0.4 is 5.73 Å². The van der Waals surface area contributed by atoms with Crippen molar-refractivity contribution in [2.24, 2.45) is 5.73 Å². The molecule has 0 aromatic heterocycles. The van der Waals surface area contributed by atoms with Crippen LogP contribution in [-0.4, -0.2) is 11.1 Å². The third-order valence-corrected chi connectivity index (χ3v) is 2.05. The van der Waals surface area contributed by atoms with Crippen LogP contribution in [0.5, 0.6) is 0 Å². The van der Waals surface area contributed by atoms with Gasteiger partial charge in [-0.1, -0.05) is 11.6 Å². The molecule has 1 unspecified atom stereocenters. The Kier molecular flexibility index (Phi) is 3.39. The molecule has 0 aliphatic rings. The van der Waals surface area contributed by atoms with Crippen molar-refractivity contribution in [3.63, 3.8) is 0 Å². The van der Waals surface area contributed by atoms with Gasteiger partial charge in [0, 0.05) is 17.2 Å². The van der Waals surface area contributed by atoms with Crippen molar-refractivity contribution < 1.29 is 18.1 Å². The van der Waals surface area contributed by atoms with Crippen LogP contribution in [0.1, 0.15) is 11.6 Å². The van der Waals surface area contributed by atoms with Gasteiger partial charge < -0.3 is 5.73 Å². The van der Waals surface area contributed by atoms with E-state index in [4.69, 9.17) is 17.3 Å². The van der Waals surface area contributed by atoms with Gasteiger partial charge in [0.15, 0.2) is 0 Å². The van der Waals surface area contributed by atoms with Crippen molar-refractivity contribution in [2.45, 2.75) is 12.2 Å². The van der Waals surface area contributed by atoms with E-state index in [0.29, 0.717) is 0 Å². The maximum absolute atomic E-state index is 12.3. The molecule has 1 aromatic rings. The van der Waals surface area contributed by atoms with Gasteiger partial charge in [0.1, 0.15) is 6.04 Å². The Bertz CT molecular complexity index is 422. The number of alkyl halides is 3. The van der Waals surface area contributed by atoms with Gasteiger partial charge >= 0.3 is 6.18 Å². The molecule has 0 aliphatic carbocycles. The van der Waals surface area contributed by atoms with Crippen LogP contribution in [0.4, 0.5) is 18.9 Å². The molecule has 88 valence electrons. The van der Waals surface area contributed by atoms with Crippen molar-refractivity contribution in [2.75, 3.05) is 0 Å². The van der Waals surface area contributed by atoms with Gasteiger partial charge in [-0.15, -0.1) is 0 Å². The predicted octanol–water partition coefficient (Wildman–Crippen LogP) is 2.81. The zero-order chi connectivity index (χ0) is 12.5. The first-order chi connectivity index (χ1) is 7.21. The fraction of sp³-hybridized carbons (Fsp3) is 0.250. The molecule has 0 spiro atoms. The van der Waals surface area contributed by atoms with Gasteiger partial charge in [0.05, 0.1) is 4.92 Å². The van der Waals surface area contributed by atoms with E-state index in [1.807, 2.05) is 0 Å². The Hall–Kier alpha value is -1.34. The minimum absolute atomic E-state index is 0.163. The smallest absolute Gasteiger partial charge is 0.316 e. The summed E-state index contributed by atoms with van der Waals surface area (Å²) in [6, 6.07) is 0.371. The monoisotopic (exact) mass is 254 g/mol. The largest absolute Gasteiger partial charge is 0.407 e. The summed E-state index contributed by atoms with van der Waals surface area (Å²) in [6.07, 6.45) is -4.67. The van der Waals surface area contributed by atoms with E-state index in [2.05, 4.69) is 0 Å². The summed E-state index contributed by atoms with van der Waals surface area (Å²) in [5.74, 6) is 0. The van der Waals surface area contributed by atoms with Crippen molar-refractivity contribution in [1.82, 2.24) is 0 Å². The Morgan fingerprint density at radius 1 is 1.38 bits per heavy atom. The van der Waals surface area contributed by atoms with Crippen LogP contribution in [0.25, 0.3) is 0 Å². The molecule has 0 aliphatic heterocycles. The van der Waals surface area contributed by atoms with Gasteiger partial charge in [-0.25, -0.2) is 0 Å². The van der Waals surface area contributed by atoms with Crippen LogP contribution in [-0.2, 0) is 0 Å². The summed E-state index contributed by atoms with van der Waals surface area (Å²) >= 11 is 5.46. The molecule has 0 heterocycles. The highest BCUT2D eigenvalue weighted by molar-refractivity contribution is 6.30. The first-order valence-electron chi connectivity index (χ1n) is 3.99. The lowest BCUT2D eigenvalue weighted by molar-refractivity contribution is -0.384. The number of hydrogen-bond donors (Lipinski definition) is 1. The van der Waals surface area contributed by atoms with E-state index < -0.39 is 28.4 Å². The number of nitro benzene ring substituents is 1. The lowest BCUT2D eigenvalue weighted by Crippen LogP contribution is -2.28. The molecule has 0 fully saturated rings. The summed E-state index contributed by atoms with van der Waals surface area (Å²) in [5.41, 5.74) is 3.94. The molecule has 1 rings (SSSR count). The van der Waals surface area contributed by atoms with E-state index in [1.165, 1.54) is 0 Å². The van der Waals surface area contributed by atoms with Crippen molar-refractivity contribution >= 4 is 17.3 Å². The lowest BCUT2D eigenvalue weighted by atomic mass is 10.1. The molecule has 0 bridgehead atoms. The lowest BCUT2D eigenvalue weighted by Gasteiger charge is -2.15. The van der Waals surface area contributed by atoms with Crippen molar-refractivity contribution in [1.29, 1.82) is 0 Å². The molecule has 1 atom stereocenters. The second kappa shape index (κ2) is 4.26. The Morgan fingerprint density at radius 3 is 2.38 bits per heavy atom. The molecule has 8 heteroatoms. The number of nitrogens with two attached hydrogens (primary N) is 1. The fourth-order valence-corrected chi connectivity index (χ4v) is 1.31. The molecular formula is C8H6ClF3N2O2. The molecule has 0 radical (unpaired) electrons. The topological polar surface area (TPSA) is 69.2 Å². The minimum Gasteiger partial charge on any atom is -0.316 e. The highest BCUT2D eigenvalue weighted by Gasteiger charge is 2.38. The molecular weight excluding hydrogens is 249 g/mol. The van der Waals surface area contributed by atoms with Gasteiger partial charge in [0.25, 0.3) is 5.69 Å².